The number of halogens is 1. The lowest BCUT2D eigenvalue weighted by atomic mass is 10.0. The quantitative estimate of drug-likeness (QED) is 0.0902. The number of anilines is 2. The molecule has 6 aromatic rings. The van der Waals surface area contributed by atoms with E-state index in [9.17, 15) is 17.9 Å². The van der Waals surface area contributed by atoms with Crippen LogP contribution in [0.1, 0.15) is 24.4 Å². The molecule has 6 rings (SSSR count). The van der Waals surface area contributed by atoms with Gasteiger partial charge < -0.3 is 23.9 Å². The number of aryl methyl sites for hydroxylation is 1. The Labute approximate surface area is 280 Å². The molecule has 250 valence electrons. The molecular formula is C33H36FN8O4SSi-. The van der Waals surface area contributed by atoms with Crippen molar-refractivity contribution < 1.29 is 17.9 Å². The van der Waals surface area contributed by atoms with Crippen LogP contribution in [0.2, 0.25) is 25.7 Å². The number of nitrogens with one attached hydrogen (secondary N) is 2. The molecule has 0 saturated carbocycles. The minimum Gasteiger partial charge on any atom is -0.755 e. The smallest absolute Gasteiger partial charge is 0.282 e. The summed E-state index contributed by atoms with van der Waals surface area (Å²) >= 11 is -2.65. The van der Waals surface area contributed by atoms with E-state index in [1.165, 1.54) is 12.4 Å². The van der Waals surface area contributed by atoms with Crippen LogP contribution in [-0.4, -0.2) is 52.2 Å². The number of ether oxygens (including phenoxy) is 1. The minimum atomic E-state index is -2.65. The van der Waals surface area contributed by atoms with E-state index in [1.54, 1.807) is 27.5 Å². The summed E-state index contributed by atoms with van der Waals surface area (Å²) in [6.45, 7) is 11.3. The van der Waals surface area contributed by atoms with Gasteiger partial charge in [-0.05, 0) is 67.4 Å². The second-order valence-electron chi connectivity index (χ2n) is 12.8. The Morgan fingerprint density at radius 3 is 2.60 bits per heavy atom. The highest BCUT2D eigenvalue weighted by Crippen LogP contribution is 2.37. The van der Waals surface area contributed by atoms with Gasteiger partial charge in [0, 0.05) is 49.6 Å². The van der Waals surface area contributed by atoms with E-state index < -0.39 is 31.2 Å². The molecule has 2 N–H and O–H groups in total. The molecule has 15 heteroatoms. The van der Waals surface area contributed by atoms with Crippen LogP contribution in [-0.2, 0) is 22.7 Å². The number of aromatic nitrogens is 6. The first kappa shape index (κ1) is 33.2. The molecule has 0 aliphatic carbocycles. The molecule has 48 heavy (non-hydrogen) atoms. The van der Waals surface area contributed by atoms with Crippen molar-refractivity contribution in [2.24, 2.45) is 0 Å². The Hall–Kier alpha value is -4.70. The second kappa shape index (κ2) is 13.4. The predicted molar refractivity (Wildman–Crippen MR) is 187 cm³/mol. The first-order valence-corrected chi connectivity index (χ1v) is 20.2. The van der Waals surface area contributed by atoms with Gasteiger partial charge in [0.15, 0.2) is 5.82 Å². The van der Waals surface area contributed by atoms with Gasteiger partial charge in [-0.25, -0.2) is 18.9 Å². The van der Waals surface area contributed by atoms with Crippen molar-refractivity contribution in [2.45, 2.75) is 52.3 Å². The van der Waals surface area contributed by atoms with Crippen molar-refractivity contribution in [2.75, 3.05) is 16.6 Å². The number of rotatable bonds is 12. The van der Waals surface area contributed by atoms with Crippen LogP contribution >= 0.6 is 0 Å². The molecule has 4 aromatic heterocycles. The molecule has 2 atom stereocenters. The lowest BCUT2D eigenvalue weighted by Gasteiger charge is -2.20. The van der Waals surface area contributed by atoms with E-state index in [-0.39, 0.29) is 18.0 Å². The Balaban J connectivity index is 1.47. The van der Waals surface area contributed by atoms with Gasteiger partial charge in [-0.1, -0.05) is 37.8 Å². The number of fused-ring (bicyclic) bond motifs is 2. The van der Waals surface area contributed by atoms with Crippen molar-refractivity contribution in [3.63, 3.8) is 0 Å². The van der Waals surface area contributed by atoms with Gasteiger partial charge in [0.25, 0.3) is 5.56 Å². The molecule has 0 radical (unpaired) electrons. The van der Waals surface area contributed by atoms with Crippen molar-refractivity contribution >= 4 is 47.4 Å². The van der Waals surface area contributed by atoms with E-state index in [4.69, 9.17) is 9.84 Å². The number of nitrogens with zero attached hydrogens (tertiary/aromatic N) is 6. The second-order valence-corrected chi connectivity index (χ2v) is 19.1. The normalized spacial score (nSPS) is 13.2. The fraction of sp³-hybridized carbons (Fsp3) is 0.273. The first-order chi connectivity index (χ1) is 22.9. The Bertz CT molecular complexity index is 2200. The van der Waals surface area contributed by atoms with Crippen LogP contribution < -0.4 is 15.6 Å². The highest BCUT2D eigenvalue weighted by atomic mass is 32.2. The lowest BCUT2D eigenvalue weighted by molar-refractivity contribution is 0.0899. The topological polar surface area (TPSA) is 143 Å². The van der Waals surface area contributed by atoms with E-state index in [1.807, 2.05) is 54.8 Å². The van der Waals surface area contributed by atoms with E-state index >= 15 is 0 Å². The predicted octanol–water partition coefficient (Wildman–Crippen LogP) is 6.04. The minimum absolute atomic E-state index is 0.0664. The molecule has 0 saturated heterocycles. The van der Waals surface area contributed by atoms with Gasteiger partial charge in [-0.15, -0.1) is 0 Å². The average molecular weight is 688 g/mol. The highest BCUT2D eigenvalue weighted by molar-refractivity contribution is 7.80. The maximum Gasteiger partial charge on any atom is 0.282 e. The van der Waals surface area contributed by atoms with Gasteiger partial charge >= 0.3 is 0 Å². The number of hydrogen-bond acceptors (Lipinski definition) is 8. The molecule has 1 unspecified atom stereocenters. The molecule has 0 aliphatic rings. The van der Waals surface area contributed by atoms with Gasteiger partial charge in [0.05, 0.1) is 17.1 Å². The summed E-state index contributed by atoms with van der Waals surface area (Å²) in [6, 6.07) is 15.5. The Morgan fingerprint density at radius 2 is 1.88 bits per heavy atom. The lowest BCUT2D eigenvalue weighted by Crippen LogP contribution is -2.29. The molecule has 2 aromatic carbocycles. The summed E-state index contributed by atoms with van der Waals surface area (Å²) in [7, 11) is -1.33. The summed E-state index contributed by atoms with van der Waals surface area (Å²) in [4.78, 5) is 23.1. The number of benzene rings is 2. The average Bonchev–Trinajstić information content (AvgIpc) is 3.59. The van der Waals surface area contributed by atoms with Crippen LogP contribution in [0.4, 0.5) is 15.9 Å². The summed E-state index contributed by atoms with van der Waals surface area (Å²) in [6.07, 6.45) is 4.98. The molecule has 12 nitrogen and oxygen atoms in total. The third-order valence-corrected chi connectivity index (χ3v) is 10.1. The van der Waals surface area contributed by atoms with Crippen molar-refractivity contribution in [1.82, 2.24) is 28.7 Å². The van der Waals surface area contributed by atoms with Crippen molar-refractivity contribution in [3.8, 4) is 16.8 Å². The molecule has 0 aliphatic heterocycles. The first-order valence-electron chi connectivity index (χ1n) is 15.4. The van der Waals surface area contributed by atoms with Gasteiger partial charge in [-0.2, -0.15) is 5.10 Å². The zero-order valence-corrected chi connectivity index (χ0v) is 29.0. The SMILES string of the molecule is Cc1ccn2nc([C@H](C)Nc3ncnc4c3c(-c3cc(F)cc(NS(=O)[O-])c3)cn4COCC[Si](C)(C)C)n(-c3ccccc3)c(=O)c12. The highest BCUT2D eigenvalue weighted by Gasteiger charge is 2.23. The van der Waals surface area contributed by atoms with E-state index in [0.29, 0.717) is 51.6 Å². The third kappa shape index (κ3) is 6.94. The maximum absolute atomic E-state index is 14.9. The summed E-state index contributed by atoms with van der Waals surface area (Å²) in [5, 5.41) is 8.85. The molecule has 0 bridgehead atoms. The standard InChI is InChI=1S/C33H37FN8O4SSi/c1-21-11-12-41-29(21)33(43)42(26-9-7-6-8-10-26)31(38-41)22(2)37-30-28-27(23-15-24(34)17-25(16-23)39-47(44)45)18-40(32(28)36-19-35-30)20-46-13-14-48(3,4)5/h6-12,15-19,22,39H,13-14,20H2,1-5H3,(H,44,45)(H,35,36,37)/p-1/t22-/m0/s1. The monoisotopic (exact) mass is 687 g/mol. The van der Waals surface area contributed by atoms with Gasteiger partial charge in [-0.3, -0.25) is 13.6 Å². The Morgan fingerprint density at radius 1 is 1.10 bits per heavy atom. The van der Waals surface area contributed by atoms with Crippen LogP contribution in [0.3, 0.4) is 0 Å². The number of para-hydroxylation sites is 1. The molecule has 0 fully saturated rings. The molecule has 0 spiro atoms. The maximum atomic E-state index is 14.9. The fourth-order valence-electron chi connectivity index (χ4n) is 5.60. The van der Waals surface area contributed by atoms with E-state index in [2.05, 4.69) is 39.6 Å². The van der Waals surface area contributed by atoms with Crippen molar-refractivity contribution in [1.29, 1.82) is 0 Å². The zero-order chi connectivity index (χ0) is 34.2. The van der Waals surface area contributed by atoms with Crippen molar-refractivity contribution in [3.05, 3.63) is 101 Å². The summed E-state index contributed by atoms with van der Waals surface area (Å²) < 4.78 is 51.0. The van der Waals surface area contributed by atoms with Crippen LogP contribution in [0.25, 0.3) is 33.4 Å². The molecular weight excluding hydrogens is 652 g/mol. The summed E-state index contributed by atoms with van der Waals surface area (Å²) in [5.74, 6) is 0.220. The largest absolute Gasteiger partial charge is 0.755 e. The third-order valence-electron chi connectivity index (χ3n) is 7.96. The fourth-order valence-corrected chi connectivity index (χ4v) is 6.67. The van der Waals surface area contributed by atoms with Crippen LogP contribution in [0.15, 0.2) is 78.1 Å². The number of hydrogen-bond donors (Lipinski definition) is 2. The Kier molecular flexibility index (Phi) is 9.29. The summed E-state index contributed by atoms with van der Waals surface area (Å²) in [5.41, 5.74) is 3.28. The molecule has 0 amide bonds. The molecule has 4 heterocycles. The van der Waals surface area contributed by atoms with Crippen LogP contribution in [0, 0.1) is 12.7 Å². The van der Waals surface area contributed by atoms with Crippen LogP contribution in [0.5, 0.6) is 0 Å². The van der Waals surface area contributed by atoms with E-state index in [0.717, 1.165) is 17.7 Å². The zero-order valence-electron chi connectivity index (χ0n) is 27.2. The van der Waals surface area contributed by atoms with Gasteiger partial charge in [0.2, 0.25) is 0 Å². The van der Waals surface area contributed by atoms with Gasteiger partial charge in [0.1, 0.15) is 35.9 Å².